The standard InChI is InChI=1S/C22H26N4O3S/c1-4-21(27)24-17-8-6-16(7-9-17)18-14-30-22(26-25-18)23-12-11-15-5-10-19(28-2)20(13-15)29-3/h5-10,13H,4,11-12,14H2,1-3H3,(H,23,26)(H,24,27). The van der Waals surface area contributed by atoms with Crippen LogP contribution in [0.4, 0.5) is 5.69 Å². The fraction of sp³-hybridized carbons (Fsp3) is 0.318. The zero-order valence-electron chi connectivity index (χ0n) is 17.4. The quantitative estimate of drug-likeness (QED) is 0.673. The summed E-state index contributed by atoms with van der Waals surface area (Å²) in [6, 6.07) is 13.6. The number of nitrogens with one attached hydrogen (secondary N) is 2. The summed E-state index contributed by atoms with van der Waals surface area (Å²) in [5, 5.41) is 8.11. The van der Waals surface area contributed by atoms with Crippen LogP contribution in [0.1, 0.15) is 24.5 Å². The van der Waals surface area contributed by atoms with Crippen LogP contribution >= 0.6 is 11.8 Å². The molecule has 3 rings (SSSR count). The fourth-order valence-corrected chi connectivity index (χ4v) is 3.66. The van der Waals surface area contributed by atoms with Crippen LogP contribution in [0.3, 0.4) is 0 Å². The van der Waals surface area contributed by atoms with Crippen molar-refractivity contribution in [1.82, 2.24) is 5.43 Å². The molecule has 2 N–H and O–H groups in total. The number of carbonyl (C=O) groups excluding carboxylic acids is 1. The first kappa shape index (κ1) is 21.7. The molecular weight excluding hydrogens is 400 g/mol. The normalized spacial score (nSPS) is 14.6. The molecule has 0 saturated heterocycles. The maximum Gasteiger partial charge on any atom is 0.224 e. The Bertz CT molecular complexity index is 942. The molecule has 1 aliphatic heterocycles. The maximum absolute atomic E-state index is 11.5. The Morgan fingerprint density at radius 3 is 2.57 bits per heavy atom. The van der Waals surface area contributed by atoms with Crippen LogP contribution in [0.2, 0.25) is 0 Å². The van der Waals surface area contributed by atoms with Crippen LogP contribution in [0.5, 0.6) is 11.5 Å². The number of anilines is 1. The summed E-state index contributed by atoms with van der Waals surface area (Å²) in [5.74, 6) is 2.19. The van der Waals surface area contributed by atoms with E-state index in [2.05, 4.69) is 20.8 Å². The summed E-state index contributed by atoms with van der Waals surface area (Å²) in [4.78, 5) is 16.1. The molecule has 0 atom stereocenters. The van der Waals surface area contributed by atoms with Gasteiger partial charge in [0.2, 0.25) is 5.91 Å². The number of benzene rings is 2. The number of amides is 1. The minimum Gasteiger partial charge on any atom is -0.493 e. The van der Waals surface area contributed by atoms with Gasteiger partial charge in [0, 0.05) is 24.4 Å². The maximum atomic E-state index is 11.5. The molecule has 0 spiro atoms. The average molecular weight is 427 g/mol. The Hall–Kier alpha value is -3.00. The summed E-state index contributed by atoms with van der Waals surface area (Å²) < 4.78 is 10.6. The van der Waals surface area contributed by atoms with Crippen LogP contribution in [-0.2, 0) is 11.2 Å². The number of carbonyl (C=O) groups is 1. The minimum atomic E-state index is 0.00363. The molecule has 1 heterocycles. The SMILES string of the molecule is CCC(=O)Nc1ccc(C2=NNC(=NCCc3ccc(OC)c(OC)c3)SC2)cc1. The van der Waals surface area contributed by atoms with E-state index in [1.807, 2.05) is 49.4 Å². The summed E-state index contributed by atoms with van der Waals surface area (Å²) in [5.41, 5.74) is 6.94. The lowest BCUT2D eigenvalue weighted by molar-refractivity contribution is -0.115. The van der Waals surface area contributed by atoms with Crippen molar-refractivity contribution in [2.75, 3.05) is 31.8 Å². The summed E-state index contributed by atoms with van der Waals surface area (Å²) in [6.45, 7) is 2.48. The number of hydrazone groups is 1. The van der Waals surface area contributed by atoms with E-state index >= 15 is 0 Å². The first-order valence-corrected chi connectivity index (χ1v) is 10.7. The van der Waals surface area contributed by atoms with Crippen molar-refractivity contribution in [3.63, 3.8) is 0 Å². The second-order valence-electron chi connectivity index (χ2n) is 6.56. The number of nitrogens with zero attached hydrogens (tertiary/aromatic N) is 2. The van der Waals surface area contributed by atoms with Crippen molar-refractivity contribution in [2.45, 2.75) is 19.8 Å². The molecule has 0 radical (unpaired) electrons. The van der Waals surface area contributed by atoms with E-state index in [9.17, 15) is 4.79 Å². The van der Waals surface area contributed by atoms with Crippen molar-refractivity contribution in [3.05, 3.63) is 53.6 Å². The highest BCUT2D eigenvalue weighted by molar-refractivity contribution is 8.14. The van der Waals surface area contributed by atoms with E-state index in [1.54, 1.807) is 26.0 Å². The van der Waals surface area contributed by atoms with Gasteiger partial charge in [-0.25, -0.2) is 0 Å². The molecule has 0 fully saturated rings. The molecule has 8 heteroatoms. The average Bonchev–Trinajstić information content (AvgIpc) is 2.80. The Labute approximate surface area is 181 Å². The number of hydrogen-bond acceptors (Lipinski definition) is 6. The molecule has 7 nitrogen and oxygen atoms in total. The second-order valence-corrected chi connectivity index (χ2v) is 7.53. The van der Waals surface area contributed by atoms with Crippen LogP contribution < -0.4 is 20.2 Å². The van der Waals surface area contributed by atoms with Crippen LogP contribution in [-0.4, -0.2) is 43.3 Å². The molecule has 1 amide bonds. The van der Waals surface area contributed by atoms with Crippen molar-refractivity contribution in [3.8, 4) is 11.5 Å². The Morgan fingerprint density at radius 1 is 1.17 bits per heavy atom. The number of aliphatic imine (C=N–C) groups is 1. The molecule has 0 aliphatic carbocycles. The van der Waals surface area contributed by atoms with E-state index in [0.717, 1.165) is 51.4 Å². The van der Waals surface area contributed by atoms with E-state index in [4.69, 9.17) is 9.47 Å². The van der Waals surface area contributed by atoms with Gasteiger partial charge in [0.05, 0.1) is 19.9 Å². The van der Waals surface area contributed by atoms with Crippen LogP contribution in [0, 0.1) is 0 Å². The summed E-state index contributed by atoms with van der Waals surface area (Å²) in [7, 11) is 3.26. The zero-order valence-corrected chi connectivity index (χ0v) is 18.2. The largest absolute Gasteiger partial charge is 0.493 e. The third-order valence-corrected chi connectivity index (χ3v) is 5.47. The first-order chi connectivity index (χ1) is 14.6. The summed E-state index contributed by atoms with van der Waals surface area (Å²) >= 11 is 1.63. The number of amidine groups is 1. The molecular formula is C22H26N4O3S. The number of hydrogen-bond donors (Lipinski definition) is 2. The fourth-order valence-electron chi connectivity index (χ4n) is 2.86. The second kappa shape index (κ2) is 10.7. The Morgan fingerprint density at radius 2 is 1.93 bits per heavy atom. The number of methoxy groups -OCH3 is 2. The van der Waals surface area contributed by atoms with E-state index in [1.165, 1.54) is 0 Å². The lowest BCUT2D eigenvalue weighted by Crippen LogP contribution is -2.25. The predicted octanol–water partition coefficient (Wildman–Crippen LogP) is 3.69. The first-order valence-electron chi connectivity index (χ1n) is 9.74. The van der Waals surface area contributed by atoms with E-state index in [-0.39, 0.29) is 5.91 Å². The van der Waals surface area contributed by atoms with Gasteiger partial charge in [0.1, 0.15) is 0 Å². The van der Waals surface area contributed by atoms with Gasteiger partial charge in [0.15, 0.2) is 16.7 Å². The number of ether oxygens (including phenoxy) is 2. The lowest BCUT2D eigenvalue weighted by atomic mass is 10.1. The summed E-state index contributed by atoms with van der Waals surface area (Å²) in [6.07, 6.45) is 1.26. The van der Waals surface area contributed by atoms with Crippen LogP contribution in [0.25, 0.3) is 0 Å². The molecule has 158 valence electrons. The van der Waals surface area contributed by atoms with Gasteiger partial charge in [0.25, 0.3) is 0 Å². The molecule has 0 unspecified atom stereocenters. The zero-order chi connectivity index (χ0) is 21.3. The third-order valence-electron chi connectivity index (χ3n) is 4.56. The number of thioether (sulfide) groups is 1. The van der Waals surface area contributed by atoms with Gasteiger partial charge in [-0.15, -0.1) is 0 Å². The van der Waals surface area contributed by atoms with Gasteiger partial charge in [-0.1, -0.05) is 36.9 Å². The topological polar surface area (TPSA) is 84.3 Å². The number of rotatable bonds is 8. The van der Waals surface area contributed by atoms with Crippen molar-refractivity contribution < 1.29 is 14.3 Å². The lowest BCUT2D eigenvalue weighted by Gasteiger charge is -2.15. The highest BCUT2D eigenvalue weighted by Gasteiger charge is 2.13. The Balaban J connectivity index is 1.54. The predicted molar refractivity (Wildman–Crippen MR) is 123 cm³/mol. The van der Waals surface area contributed by atoms with Gasteiger partial charge in [-0.05, 0) is 41.8 Å². The van der Waals surface area contributed by atoms with E-state index in [0.29, 0.717) is 13.0 Å². The molecule has 0 saturated carbocycles. The highest BCUT2D eigenvalue weighted by Crippen LogP contribution is 2.27. The van der Waals surface area contributed by atoms with Crippen LogP contribution in [0.15, 0.2) is 52.6 Å². The molecule has 1 aliphatic rings. The molecule has 2 aromatic carbocycles. The molecule has 2 aromatic rings. The van der Waals surface area contributed by atoms with Gasteiger partial charge < -0.3 is 14.8 Å². The van der Waals surface area contributed by atoms with Gasteiger partial charge in [-0.2, -0.15) is 5.10 Å². The smallest absolute Gasteiger partial charge is 0.224 e. The monoisotopic (exact) mass is 426 g/mol. The van der Waals surface area contributed by atoms with Crippen molar-refractivity contribution in [1.29, 1.82) is 0 Å². The molecule has 0 bridgehead atoms. The van der Waals surface area contributed by atoms with Gasteiger partial charge in [-0.3, -0.25) is 15.2 Å². The van der Waals surface area contributed by atoms with Gasteiger partial charge >= 0.3 is 0 Å². The third kappa shape index (κ3) is 5.76. The highest BCUT2D eigenvalue weighted by atomic mass is 32.2. The van der Waals surface area contributed by atoms with E-state index < -0.39 is 0 Å². The van der Waals surface area contributed by atoms with Crippen molar-refractivity contribution >= 4 is 34.2 Å². The molecule has 30 heavy (non-hydrogen) atoms. The van der Waals surface area contributed by atoms with Crippen molar-refractivity contribution in [2.24, 2.45) is 10.1 Å². The minimum absolute atomic E-state index is 0.00363. The Kier molecular flexibility index (Phi) is 7.73. The molecule has 0 aromatic heterocycles.